The van der Waals surface area contributed by atoms with Gasteiger partial charge in [-0.15, -0.1) is 0 Å². The van der Waals surface area contributed by atoms with Crippen LogP contribution in [0, 0.1) is 11.8 Å². The number of ether oxygens (including phenoxy) is 3. The lowest BCUT2D eigenvalue weighted by Gasteiger charge is -2.18. The predicted octanol–water partition coefficient (Wildman–Crippen LogP) is 19.3. The fraction of sp³-hybridized carbons (Fsp3) is 0.949. The lowest BCUT2D eigenvalue weighted by atomic mass is 10.0. The summed E-state index contributed by atoms with van der Waals surface area (Å²) in [5, 5.41) is 0. The minimum absolute atomic E-state index is 0.0626. The second kappa shape index (κ2) is 51.8. The second-order valence-electron chi connectivity index (χ2n) is 21.2. The van der Waals surface area contributed by atoms with Crippen LogP contribution in [0.25, 0.3) is 0 Å². The fourth-order valence-corrected chi connectivity index (χ4v) is 9.05. The molecule has 6 heteroatoms. The van der Waals surface area contributed by atoms with Crippen LogP contribution in [0.15, 0.2) is 0 Å². The van der Waals surface area contributed by atoms with Crippen LogP contribution in [0.4, 0.5) is 0 Å². The van der Waals surface area contributed by atoms with Crippen molar-refractivity contribution < 1.29 is 28.6 Å². The first-order valence-corrected chi connectivity index (χ1v) is 29.2. The molecule has 0 unspecified atom stereocenters. The van der Waals surface area contributed by atoms with E-state index in [1.54, 1.807) is 0 Å². The highest BCUT2D eigenvalue weighted by Gasteiger charge is 2.19. The standard InChI is InChI=1S/C59H114O6/c1-6-7-8-9-10-11-12-13-14-15-16-19-24-29-34-39-44-49-57(60)63-52-56(53-64-58(61)50-45-40-35-30-26-21-23-28-33-38-43-48-55(4)5)65-59(62)51-46-41-36-31-25-20-17-18-22-27-32-37-42-47-54(2)3/h54-56H,6-53H2,1-5H3/t56-/m1/s1. The number of hydrogen-bond acceptors (Lipinski definition) is 6. The summed E-state index contributed by atoms with van der Waals surface area (Å²) in [7, 11) is 0. The molecule has 386 valence electrons. The molecule has 6 nitrogen and oxygen atoms in total. The fourth-order valence-electron chi connectivity index (χ4n) is 9.05. The van der Waals surface area contributed by atoms with E-state index >= 15 is 0 Å². The summed E-state index contributed by atoms with van der Waals surface area (Å²) in [6.07, 6.45) is 55.2. The maximum atomic E-state index is 12.9. The number of unbranched alkanes of at least 4 members (excludes halogenated alkanes) is 38. The van der Waals surface area contributed by atoms with E-state index in [0.717, 1.165) is 69.6 Å². The number of hydrogen-bond donors (Lipinski definition) is 0. The van der Waals surface area contributed by atoms with E-state index in [0.29, 0.717) is 19.3 Å². The van der Waals surface area contributed by atoms with Gasteiger partial charge in [0.2, 0.25) is 0 Å². The van der Waals surface area contributed by atoms with Crippen LogP contribution in [-0.4, -0.2) is 37.2 Å². The zero-order valence-corrected chi connectivity index (χ0v) is 44.6. The first kappa shape index (κ1) is 63.4. The first-order chi connectivity index (χ1) is 31.7. The Bertz CT molecular complexity index is 993. The molecule has 0 aromatic rings. The molecule has 0 saturated heterocycles. The van der Waals surface area contributed by atoms with Crippen molar-refractivity contribution >= 4 is 17.9 Å². The third kappa shape index (κ3) is 53.2. The van der Waals surface area contributed by atoms with E-state index in [2.05, 4.69) is 34.6 Å². The van der Waals surface area contributed by atoms with Crippen molar-refractivity contribution in [3.8, 4) is 0 Å². The van der Waals surface area contributed by atoms with Crippen molar-refractivity contribution in [3.63, 3.8) is 0 Å². The van der Waals surface area contributed by atoms with Gasteiger partial charge in [-0.25, -0.2) is 0 Å². The summed E-state index contributed by atoms with van der Waals surface area (Å²) < 4.78 is 16.9. The van der Waals surface area contributed by atoms with Crippen molar-refractivity contribution in [2.75, 3.05) is 13.2 Å². The Hall–Kier alpha value is -1.59. The summed E-state index contributed by atoms with van der Waals surface area (Å²) in [4.78, 5) is 38.2. The molecule has 0 aliphatic carbocycles. The van der Waals surface area contributed by atoms with Crippen LogP contribution >= 0.6 is 0 Å². The topological polar surface area (TPSA) is 78.9 Å². The van der Waals surface area contributed by atoms with E-state index in [4.69, 9.17) is 14.2 Å². The van der Waals surface area contributed by atoms with Gasteiger partial charge in [0.25, 0.3) is 0 Å². The molecular weight excluding hydrogens is 805 g/mol. The number of rotatable bonds is 53. The Labute approximate surface area is 406 Å². The highest BCUT2D eigenvalue weighted by molar-refractivity contribution is 5.71. The molecule has 0 radical (unpaired) electrons. The van der Waals surface area contributed by atoms with Crippen molar-refractivity contribution in [1.82, 2.24) is 0 Å². The Morgan fingerprint density at radius 3 is 0.754 bits per heavy atom. The van der Waals surface area contributed by atoms with Crippen LogP contribution in [0.2, 0.25) is 0 Å². The molecule has 0 spiro atoms. The number of carbonyl (C=O) groups excluding carboxylic acids is 3. The molecule has 0 rings (SSSR count). The van der Waals surface area contributed by atoms with E-state index in [1.807, 2.05) is 0 Å². The predicted molar refractivity (Wildman–Crippen MR) is 280 cm³/mol. The quantitative estimate of drug-likeness (QED) is 0.0344. The lowest BCUT2D eigenvalue weighted by Crippen LogP contribution is -2.30. The van der Waals surface area contributed by atoms with Gasteiger partial charge in [0.05, 0.1) is 0 Å². The van der Waals surface area contributed by atoms with E-state index in [-0.39, 0.29) is 31.1 Å². The van der Waals surface area contributed by atoms with Crippen molar-refractivity contribution in [3.05, 3.63) is 0 Å². The monoisotopic (exact) mass is 919 g/mol. The van der Waals surface area contributed by atoms with Crippen LogP contribution in [-0.2, 0) is 28.6 Å². The van der Waals surface area contributed by atoms with Crippen molar-refractivity contribution in [2.45, 2.75) is 336 Å². The molecule has 0 amide bonds. The van der Waals surface area contributed by atoms with Crippen molar-refractivity contribution in [2.24, 2.45) is 11.8 Å². The molecule has 0 aromatic carbocycles. The van der Waals surface area contributed by atoms with Crippen molar-refractivity contribution in [1.29, 1.82) is 0 Å². The SMILES string of the molecule is CCCCCCCCCCCCCCCCCCCC(=O)OC[C@H](COC(=O)CCCCCCCCCCCCCC(C)C)OC(=O)CCCCCCCCCCCCCCCC(C)C. The Balaban J connectivity index is 4.30. The summed E-state index contributed by atoms with van der Waals surface area (Å²) in [6, 6.07) is 0. The number of carbonyl (C=O) groups is 3. The second-order valence-corrected chi connectivity index (χ2v) is 21.2. The zero-order valence-electron chi connectivity index (χ0n) is 44.6. The molecule has 65 heavy (non-hydrogen) atoms. The maximum Gasteiger partial charge on any atom is 0.306 e. The molecule has 0 aliphatic heterocycles. The molecule has 1 atom stereocenters. The third-order valence-corrected chi connectivity index (χ3v) is 13.5. The Morgan fingerprint density at radius 2 is 0.508 bits per heavy atom. The third-order valence-electron chi connectivity index (χ3n) is 13.5. The van der Waals surface area contributed by atoms with E-state index < -0.39 is 6.10 Å². The minimum atomic E-state index is -0.763. The highest BCUT2D eigenvalue weighted by atomic mass is 16.6. The van der Waals surface area contributed by atoms with Gasteiger partial charge in [-0.2, -0.15) is 0 Å². The average molecular weight is 920 g/mol. The molecule has 0 aromatic heterocycles. The summed E-state index contributed by atoms with van der Waals surface area (Å²) >= 11 is 0. The van der Waals surface area contributed by atoms with Gasteiger partial charge in [0.15, 0.2) is 6.10 Å². The molecule has 0 saturated carbocycles. The van der Waals surface area contributed by atoms with Gasteiger partial charge in [-0.05, 0) is 31.1 Å². The Morgan fingerprint density at radius 1 is 0.292 bits per heavy atom. The van der Waals surface area contributed by atoms with Gasteiger partial charge in [-0.3, -0.25) is 14.4 Å². The first-order valence-electron chi connectivity index (χ1n) is 29.2. The molecule has 0 N–H and O–H groups in total. The largest absolute Gasteiger partial charge is 0.462 e. The van der Waals surface area contributed by atoms with E-state index in [9.17, 15) is 14.4 Å². The van der Waals surface area contributed by atoms with E-state index in [1.165, 1.54) is 218 Å². The normalized spacial score (nSPS) is 12.0. The van der Waals surface area contributed by atoms with Crippen LogP contribution in [0.5, 0.6) is 0 Å². The van der Waals surface area contributed by atoms with Crippen LogP contribution in [0.3, 0.4) is 0 Å². The summed E-state index contributed by atoms with van der Waals surface area (Å²) in [6.45, 7) is 11.4. The van der Waals surface area contributed by atoms with Gasteiger partial charge >= 0.3 is 17.9 Å². The minimum Gasteiger partial charge on any atom is -0.462 e. The Kier molecular flexibility index (Phi) is 50.5. The summed E-state index contributed by atoms with van der Waals surface area (Å²) in [5.41, 5.74) is 0. The molecule has 0 heterocycles. The molecular formula is C59H114O6. The van der Waals surface area contributed by atoms with Gasteiger partial charge in [0, 0.05) is 19.3 Å². The maximum absolute atomic E-state index is 12.9. The molecule has 0 bridgehead atoms. The molecule has 0 fully saturated rings. The highest BCUT2D eigenvalue weighted by Crippen LogP contribution is 2.18. The lowest BCUT2D eigenvalue weighted by molar-refractivity contribution is -0.167. The van der Waals surface area contributed by atoms with Gasteiger partial charge < -0.3 is 14.2 Å². The average Bonchev–Trinajstić information content (AvgIpc) is 3.28. The molecule has 0 aliphatic rings. The van der Waals surface area contributed by atoms with Gasteiger partial charge in [-0.1, -0.05) is 291 Å². The zero-order chi connectivity index (χ0) is 47.5. The number of esters is 3. The van der Waals surface area contributed by atoms with Crippen LogP contribution < -0.4 is 0 Å². The van der Waals surface area contributed by atoms with Crippen LogP contribution in [0.1, 0.15) is 330 Å². The van der Waals surface area contributed by atoms with Gasteiger partial charge in [0.1, 0.15) is 13.2 Å². The smallest absolute Gasteiger partial charge is 0.306 e. The summed E-state index contributed by atoms with van der Waals surface area (Å²) in [5.74, 6) is 0.826.